The van der Waals surface area contributed by atoms with E-state index in [1.54, 1.807) is 0 Å². The van der Waals surface area contributed by atoms with Crippen molar-refractivity contribution < 1.29 is 19.1 Å². The van der Waals surface area contributed by atoms with Crippen LogP contribution < -0.4 is 5.11 Å². The molecule has 1 fully saturated rings. The zero-order valence-corrected chi connectivity index (χ0v) is 10.8. The Bertz CT molecular complexity index is 189. The lowest BCUT2D eigenvalue weighted by Crippen LogP contribution is -2.48. The highest BCUT2D eigenvalue weighted by Crippen LogP contribution is 2.16. The minimum atomic E-state index is -1.50. The van der Waals surface area contributed by atoms with Crippen LogP contribution in [0.1, 0.15) is 39.0 Å². The highest BCUT2D eigenvalue weighted by Gasteiger charge is 2.23. The first-order chi connectivity index (χ1) is 7.54. The molecule has 16 heavy (non-hydrogen) atoms. The summed E-state index contributed by atoms with van der Waals surface area (Å²) in [4.78, 5) is 9.03. The summed E-state index contributed by atoms with van der Waals surface area (Å²) < 4.78 is 4.91. The Morgan fingerprint density at radius 1 is 1.31 bits per heavy atom. The van der Waals surface area contributed by atoms with Crippen LogP contribution in [0.25, 0.3) is 0 Å². The van der Waals surface area contributed by atoms with Crippen LogP contribution in [0.5, 0.6) is 0 Å². The minimum Gasteiger partial charge on any atom is -0.553 e. The molecular formula is C12H25NO3. The fourth-order valence-corrected chi connectivity index (χ4v) is 2.04. The van der Waals surface area contributed by atoms with Gasteiger partial charge in [0.15, 0.2) is 0 Å². The van der Waals surface area contributed by atoms with Gasteiger partial charge < -0.3 is 19.1 Å². The van der Waals surface area contributed by atoms with Crippen molar-refractivity contribution in [1.29, 1.82) is 0 Å². The average Bonchev–Trinajstić information content (AvgIpc) is 2.28. The van der Waals surface area contributed by atoms with Gasteiger partial charge in [0, 0.05) is 7.11 Å². The van der Waals surface area contributed by atoms with Crippen molar-refractivity contribution in [3.8, 4) is 0 Å². The van der Waals surface area contributed by atoms with Crippen molar-refractivity contribution in [2.24, 2.45) is 0 Å². The normalized spacial score (nSPS) is 18.2. The number of quaternary nitrogens is 1. The van der Waals surface area contributed by atoms with Crippen LogP contribution in [0, 0.1) is 0 Å². The number of piperidine rings is 1. The third kappa shape index (κ3) is 7.51. The summed E-state index contributed by atoms with van der Waals surface area (Å²) in [6, 6.07) is 0. The van der Waals surface area contributed by atoms with E-state index in [9.17, 15) is 0 Å². The molecule has 0 spiro atoms. The van der Waals surface area contributed by atoms with Gasteiger partial charge in [0.25, 0.3) is 6.16 Å². The van der Waals surface area contributed by atoms with Crippen LogP contribution in [0.2, 0.25) is 0 Å². The lowest BCUT2D eigenvalue weighted by atomic mass is 10.1. The maximum Gasteiger partial charge on any atom is 0.251 e. The molecular weight excluding hydrogens is 206 g/mol. The number of methoxy groups -OCH3 is 1. The largest absolute Gasteiger partial charge is 0.553 e. The SMILES string of the molecule is CCCC[N+]1(C)CCCCC1.COC(=O)[O-]. The van der Waals surface area contributed by atoms with E-state index >= 15 is 0 Å². The van der Waals surface area contributed by atoms with E-state index in [2.05, 4.69) is 18.7 Å². The number of nitrogens with zero attached hydrogens (tertiary/aromatic N) is 1. The molecule has 0 aliphatic carbocycles. The molecule has 0 bridgehead atoms. The molecule has 1 aliphatic rings. The molecule has 1 saturated heterocycles. The van der Waals surface area contributed by atoms with Crippen LogP contribution in [0.3, 0.4) is 0 Å². The van der Waals surface area contributed by atoms with E-state index in [0.29, 0.717) is 0 Å². The minimum absolute atomic E-state index is 1.04. The number of carbonyl (C=O) groups is 1. The van der Waals surface area contributed by atoms with E-state index in [-0.39, 0.29) is 0 Å². The van der Waals surface area contributed by atoms with E-state index in [1.165, 1.54) is 56.2 Å². The van der Waals surface area contributed by atoms with Crippen molar-refractivity contribution in [2.45, 2.75) is 39.0 Å². The first-order valence-electron chi connectivity index (χ1n) is 6.12. The monoisotopic (exact) mass is 231 g/mol. The van der Waals surface area contributed by atoms with Gasteiger partial charge >= 0.3 is 0 Å². The molecule has 1 heterocycles. The zero-order valence-electron chi connectivity index (χ0n) is 10.8. The fraction of sp³-hybridized carbons (Fsp3) is 0.917. The van der Waals surface area contributed by atoms with E-state index in [1.807, 2.05) is 0 Å². The first kappa shape index (κ1) is 15.2. The molecule has 0 unspecified atom stereocenters. The predicted octanol–water partition coefficient (Wildman–Crippen LogP) is 1.39. The maximum atomic E-state index is 9.03. The summed E-state index contributed by atoms with van der Waals surface area (Å²) in [7, 11) is 3.46. The van der Waals surface area contributed by atoms with Gasteiger partial charge in [-0.2, -0.15) is 0 Å². The Morgan fingerprint density at radius 2 is 1.81 bits per heavy atom. The topological polar surface area (TPSA) is 49.4 Å². The van der Waals surface area contributed by atoms with Crippen LogP contribution in [-0.4, -0.2) is 44.4 Å². The molecule has 0 aromatic rings. The lowest BCUT2D eigenvalue weighted by Gasteiger charge is -2.37. The van der Waals surface area contributed by atoms with Crippen molar-refractivity contribution in [3.63, 3.8) is 0 Å². The summed E-state index contributed by atoms with van der Waals surface area (Å²) in [6.45, 7) is 6.56. The number of likely N-dealkylation sites (tertiary alicyclic amines) is 1. The molecule has 0 saturated carbocycles. The molecule has 96 valence electrons. The molecule has 0 amide bonds. The molecule has 0 aromatic heterocycles. The van der Waals surface area contributed by atoms with Gasteiger partial charge in [-0.3, -0.25) is 0 Å². The summed E-state index contributed by atoms with van der Waals surface area (Å²) in [5.41, 5.74) is 0. The standard InChI is InChI=1S/C10H22N.C2H4O3/c1-3-4-8-11(2)9-6-5-7-10-11;1-5-2(3)4/h3-10H2,1-2H3;1H3,(H,3,4)/q+1;/p-1. The second kappa shape index (κ2) is 8.39. The summed E-state index contributed by atoms with van der Waals surface area (Å²) in [5.74, 6) is 0. The van der Waals surface area contributed by atoms with Gasteiger partial charge in [0.05, 0.1) is 26.7 Å². The predicted molar refractivity (Wildman–Crippen MR) is 61.9 cm³/mol. The number of unbranched alkanes of at least 4 members (excludes halogenated alkanes) is 1. The van der Waals surface area contributed by atoms with Crippen molar-refractivity contribution in [1.82, 2.24) is 0 Å². The second-order valence-electron chi connectivity index (χ2n) is 4.66. The molecule has 4 nitrogen and oxygen atoms in total. The van der Waals surface area contributed by atoms with Gasteiger partial charge in [0.1, 0.15) is 0 Å². The van der Waals surface area contributed by atoms with Gasteiger partial charge in [-0.05, 0) is 25.7 Å². The van der Waals surface area contributed by atoms with Gasteiger partial charge in [-0.15, -0.1) is 0 Å². The Kier molecular flexibility index (Phi) is 7.99. The van der Waals surface area contributed by atoms with Crippen LogP contribution in [0.4, 0.5) is 4.79 Å². The number of hydrogen-bond donors (Lipinski definition) is 0. The highest BCUT2D eigenvalue weighted by atomic mass is 16.6. The van der Waals surface area contributed by atoms with Crippen molar-refractivity contribution >= 4 is 6.16 Å². The Morgan fingerprint density at radius 3 is 2.19 bits per heavy atom. The molecule has 0 aromatic carbocycles. The van der Waals surface area contributed by atoms with Gasteiger partial charge in [-0.25, -0.2) is 0 Å². The van der Waals surface area contributed by atoms with Crippen molar-refractivity contribution in [2.75, 3.05) is 33.8 Å². The summed E-state index contributed by atoms with van der Waals surface area (Å²) in [6.07, 6.45) is 5.66. The number of hydrogen-bond acceptors (Lipinski definition) is 3. The average molecular weight is 231 g/mol. The van der Waals surface area contributed by atoms with E-state index in [0.717, 1.165) is 7.11 Å². The molecule has 0 N–H and O–H groups in total. The third-order valence-electron chi connectivity index (χ3n) is 3.11. The third-order valence-corrected chi connectivity index (χ3v) is 3.11. The molecule has 4 heteroatoms. The van der Waals surface area contributed by atoms with E-state index in [4.69, 9.17) is 9.90 Å². The number of carbonyl (C=O) groups excluding carboxylic acids is 1. The summed E-state index contributed by atoms with van der Waals surface area (Å²) >= 11 is 0. The molecule has 0 radical (unpaired) electrons. The number of ether oxygens (including phenoxy) is 1. The first-order valence-corrected chi connectivity index (χ1v) is 6.12. The van der Waals surface area contributed by atoms with Crippen LogP contribution >= 0.6 is 0 Å². The lowest BCUT2D eigenvalue weighted by molar-refractivity contribution is -0.914. The Balaban J connectivity index is 0.000000385. The Labute approximate surface area is 98.8 Å². The molecule has 0 atom stereocenters. The van der Waals surface area contributed by atoms with Gasteiger partial charge in [-0.1, -0.05) is 13.3 Å². The Hall–Kier alpha value is -0.770. The maximum absolute atomic E-state index is 9.03. The quantitative estimate of drug-likeness (QED) is 0.545. The highest BCUT2D eigenvalue weighted by molar-refractivity contribution is 5.53. The number of carboxylic acid groups (broad SMARTS) is 1. The zero-order chi connectivity index (χ0) is 12.4. The van der Waals surface area contributed by atoms with Crippen LogP contribution in [-0.2, 0) is 4.74 Å². The van der Waals surface area contributed by atoms with Crippen molar-refractivity contribution in [3.05, 3.63) is 0 Å². The fourth-order valence-electron chi connectivity index (χ4n) is 2.04. The molecule has 1 aliphatic heterocycles. The number of rotatable bonds is 3. The van der Waals surface area contributed by atoms with Crippen LogP contribution in [0.15, 0.2) is 0 Å². The second-order valence-corrected chi connectivity index (χ2v) is 4.66. The van der Waals surface area contributed by atoms with E-state index < -0.39 is 6.16 Å². The summed E-state index contributed by atoms with van der Waals surface area (Å²) in [5, 5.41) is 9.03. The smallest absolute Gasteiger partial charge is 0.251 e. The van der Waals surface area contributed by atoms with Gasteiger partial charge in [0.2, 0.25) is 0 Å². The molecule has 1 rings (SSSR count).